The fraction of sp³-hybridized carbons (Fsp3) is 0. The molecule has 0 saturated heterocycles. The van der Waals surface area contributed by atoms with Gasteiger partial charge >= 0.3 is 0 Å². The van der Waals surface area contributed by atoms with Gasteiger partial charge in [0.2, 0.25) is 0 Å². The number of aromatic nitrogens is 2. The van der Waals surface area contributed by atoms with Crippen LogP contribution < -0.4 is 0 Å². The van der Waals surface area contributed by atoms with E-state index >= 15 is 0 Å². The molecule has 0 radical (unpaired) electrons. The van der Waals surface area contributed by atoms with E-state index in [0.29, 0.717) is 5.69 Å². The van der Waals surface area contributed by atoms with Gasteiger partial charge in [-0.15, -0.1) is 0 Å². The normalized spacial score (nSPS) is 11.3. The van der Waals surface area contributed by atoms with Gasteiger partial charge in [-0.1, -0.05) is 23.2 Å². The van der Waals surface area contributed by atoms with E-state index in [1.807, 2.05) is 0 Å². The lowest BCUT2D eigenvalue weighted by Crippen LogP contribution is -1.96. The number of aromatic amines is 1. The van der Waals surface area contributed by atoms with Crippen LogP contribution in [0.15, 0.2) is 24.3 Å². The molecule has 2 aromatic carbocycles. The highest BCUT2D eigenvalue weighted by Crippen LogP contribution is 2.29. The summed E-state index contributed by atoms with van der Waals surface area (Å²) < 4.78 is 42.0. The average Bonchev–Trinajstić information content (AvgIpc) is 2.72. The Hall–Kier alpha value is -1.50. The molecule has 8 heteroatoms. The van der Waals surface area contributed by atoms with Crippen LogP contribution in [0.25, 0.3) is 16.7 Å². The van der Waals surface area contributed by atoms with E-state index in [1.54, 1.807) is 0 Å². The van der Waals surface area contributed by atoms with Crippen LogP contribution in [-0.4, -0.2) is 9.55 Å². The van der Waals surface area contributed by atoms with Crippen molar-refractivity contribution in [1.29, 1.82) is 0 Å². The molecule has 0 amide bonds. The number of rotatable bonds is 1. The SMILES string of the molecule is Fc1cc(F)c2[nH]c(=S)n(-c3cc(Cl)c(F)c(Cl)c3)c2c1. The van der Waals surface area contributed by atoms with Crippen LogP contribution >= 0.6 is 35.4 Å². The number of nitrogens with zero attached hydrogens (tertiary/aromatic N) is 1. The van der Waals surface area contributed by atoms with E-state index < -0.39 is 17.5 Å². The Kier molecular flexibility index (Phi) is 3.47. The van der Waals surface area contributed by atoms with Crippen LogP contribution in [0.4, 0.5) is 13.2 Å². The maximum absolute atomic E-state index is 13.7. The van der Waals surface area contributed by atoms with Crippen LogP contribution in [-0.2, 0) is 0 Å². The van der Waals surface area contributed by atoms with Crippen molar-refractivity contribution in [2.45, 2.75) is 0 Å². The summed E-state index contributed by atoms with van der Waals surface area (Å²) in [7, 11) is 0. The molecule has 0 fully saturated rings. The topological polar surface area (TPSA) is 20.7 Å². The van der Waals surface area contributed by atoms with Gasteiger partial charge in [0.05, 0.1) is 21.2 Å². The quantitative estimate of drug-likeness (QED) is 0.460. The number of benzene rings is 2. The molecule has 0 spiro atoms. The molecule has 108 valence electrons. The van der Waals surface area contributed by atoms with Crippen molar-refractivity contribution in [1.82, 2.24) is 9.55 Å². The predicted molar refractivity (Wildman–Crippen MR) is 78.4 cm³/mol. The summed E-state index contributed by atoms with van der Waals surface area (Å²) in [5.41, 5.74) is 0.502. The second-order valence-electron chi connectivity index (χ2n) is 4.27. The molecule has 1 aromatic heterocycles. The molecule has 1 N–H and O–H groups in total. The smallest absolute Gasteiger partial charge is 0.182 e. The molecule has 0 atom stereocenters. The van der Waals surface area contributed by atoms with E-state index in [2.05, 4.69) is 4.98 Å². The predicted octanol–water partition coefficient (Wildman–Crippen LogP) is 5.41. The van der Waals surface area contributed by atoms with Gasteiger partial charge in [-0.25, -0.2) is 13.2 Å². The average molecular weight is 349 g/mol. The summed E-state index contributed by atoms with van der Waals surface area (Å²) in [6.45, 7) is 0. The van der Waals surface area contributed by atoms with Gasteiger partial charge in [0, 0.05) is 12.1 Å². The van der Waals surface area contributed by atoms with E-state index in [9.17, 15) is 13.2 Å². The number of halogens is 5. The van der Waals surface area contributed by atoms with Gasteiger partial charge in [-0.05, 0) is 24.4 Å². The van der Waals surface area contributed by atoms with E-state index in [-0.39, 0.29) is 25.8 Å². The third-order valence-electron chi connectivity index (χ3n) is 2.94. The van der Waals surface area contributed by atoms with E-state index in [4.69, 9.17) is 35.4 Å². The van der Waals surface area contributed by atoms with Crippen LogP contribution in [0.5, 0.6) is 0 Å². The molecule has 3 aromatic rings. The minimum absolute atomic E-state index is 0.0398. The van der Waals surface area contributed by atoms with E-state index in [1.165, 1.54) is 16.7 Å². The molecule has 2 nitrogen and oxygen atoms in total. The molecular weight excluding hydrogens is 344 g/mol. The third kappa shape index (κ3) is 2.33. The molecule has 0 unspecified atom stereocenters. The fourth-order valence-electron chi connectivity index (χ4n) is 2.06. The molecule has 3 rings (SSSR count). The van der Waals surface area contributed by atoms with Crippen molar-refractivity contribution in [3.05, 3.63) is 56.5 Å². The Morgan fingerprint density at radius 2 is 1.62 bits per heavy atom. The van der Waals surface area contributed by atoms with Crippen LogP contribution in [0.2, 0.25) is 10.0 Å². The molecular formula is C13H5Cl2F3N2S. The Labute approximate surface area is 131 Å². The largest absolute Gasteiger partial charge is 0.328 e. The van der Waals surface area contributed by atoms with Crippen LogP contribution in [0.3, 0.4) is 0 Å². The molecule has 0 aliphatic heterocycles. The minimum Gasteiger partial charge on any atom is -0.328 e. The summed E-state index contributed by atoms with van der Waals surface area (Å²) in [5.74, 6) is -2.32. The molecule has 0 aliphatic rings. The lowest BCUT2D eigenvalue weighted by molar-refractivity contribution is 0.590. The number of hydrogen-bond acceptors (Lipinski definition) is 1. The summed E-state index contributed by atoms with van der Waals surface area (Å²) in [6, 6.07) is 4.39. The Balaban J connectivity index is 2.40. The standard InChI is InChI=1S/C13H5Cl2F3N2S/c14-7-3-6(4-8(15)11(7)18)20-10-2-5(16)1-9(17)12(10)19-13(20)21/h1-4H,(H,19,21). The molecule has 0 saturated carbocycles. The maximum atomic E-state index is 13.7. The lowest BCUT2D eigenvalue weighted by Gasteiger charge is -2.07. The first-order chi connectivity index (χ1) is 9.88. The van der Waals surface area contributed by atoms with Crippen LogP contribution in [0.1, 0.15) is 0 Å². The lowest BCUT2D eigenvalue weighted by atomic mass is 10.2. The first kappa shape index (κ1) is 14.4. The van der Waals surface area contributed by atoms with Gasteiger partial charge < -0.3 is 4.98 Å². The summed E-state index contributed by atoms with van der Waals surface area (Å²) in [6.07, 6.45) is 0. The zero-order chi connectivity index (χ0) is 15.3. The first-order valence-electron chi connectivity index (χ1n) is 5.63. The van der Waals surface area contributed by atoms with Gasteiger partial charge in [-0.3, -0.25) is 4.57 Å². The Morgan fingerprint density at radius 3 is 2.24 bits per heavy atom. The van der Waals surface area contributed by atoms with Crippen molar-refractivity contribution in [2.75, 3.05) is 0 Å². The van der Waals surface area contributed by atoms with Gasteiger partial charge in [0.15, 0.2) is 16.4 Å². The summed E-state index contributed by atoms with van der Waals surface area (Å²) in [4.78, 5) is 2.63. The van der Waals surface area contributed by atoms with Crippen molar-refractivity contribution < 1.29 is 13.2 Å². The Morgan fingerprint density at radius 1 is 1.00 bits per heavy atom. The monoisotopic (exact) mass is 348 g/mol. The molecule has 1 heterocycles. The van der Waals surface area contributed by atoms with Gasteiger partial charge in [-0.2, -0.15) is 0 Å². The minimum atomic E-state index is -0.783. The number of H-pyrrole nitrogens is 1. The molecule has 0 aliphatic carbocycles. The number of nitrogens with one attached hydrogen (secondary N) is 1. The number of hydrogen-bond donors (Lipinski definition) is 1. The molecule has 0 bridgehead atoms. The second kappa shape index (κ2) is 5.05. The third-order valence-corrected chi connectivity index (χ3v) is 3.77. The Bertz CT molecular complexity index is 910. The zero-order valence-electron chi connectivity index (χ0n) is 10.1. The molecule has 21 heavy (non-hydrogen) atoms. The maximum Gasteiger partial charge on any atom is 0.182 e. The van der Waals surface area contributed by atoms with E-state index in [0.717, 1.165) is 12.1 Å². The summed E-state index contributed by atoms with van der Waals surface area (Å²) in [5, 5.41) is -0.434. The highest BCUT2D eigenvalue weighted by Gasteiger charge is 2.15. The first-order valence-corrected chi connectivity index (χ1v) is 6.79. The number of fused-ring (bicyclic) bond motifs is 1. The van der Waals surface area contributed by atoms with Crippen molar-refractivity contribution >= 4 is 46.5 Å². The highest BCUT2D eigenvalue weighted by atomic mass is 35.5. The zero-order valence-corrected chi connectivity index (χ0v) is 12.4. The van der Waals surface area contributed by atoms with Gasteiger partial charge in [0.25, 0.3) is 0 Å². The second-order valence-corrected chi connectivity index (χ2v) is 5.47. The summed E-state index contributed by atoms with van der Waals surface area (Å²) >= 11 is 16.6. The highest BCUT2D eigenvalue weighted by molar-refractivity contribution is 7.71. The van der Waals surface area contributed by atoms with Crippen molar-refractivity contribution in [3.8, 4) is 5.69 Å². The van der Waals surface area contributed by atoms with Crippen molar-refractivity contribution in [2.24, 2.45) is 0 Å². The van der Waals surface area contributed by atoms with Crippen molar-refractivity contribution in [3.63, 3.8) is 0 Å². The fourth-order valence-corrected chi connectivity index (χ4v) is 2.84. The van der Waals surface area contributed by atoms with Gasteiger partial charge in [0.1, 0.15) is 11.3 Å². The van der Waals surface area contributed by atoms with Crippen LogP contribution in [0, 0.1) is 22.2 Å². The number of imidazole rings is 1.